The molecule has 1 unspecified atom stereocenters. The Kier molecular flexibility index (Phi) is 5.27. The van der Waals surface area contributed by atoms with Crippen LogP contribution in [-0.2, 0) is 0 Å². The number of nitrogens with two attached hydrogens (primary N) is 1. The fraction of sp³-hybridized carbons (Fsp3) is 0.667. The number of hydrogen-bond acceptors (Lipinski definition) is 2. The highest BCUT2D eigenvalue weighted by Crippen LogP contribution is 2.28. The van der Waals surface area contributed by atoms with Gasteiger partial charge in [0, 0.05) is 29.3 Å². The van der Waals surface area contributed by atoms with Gasteiger partial charge in [0.15, 0.2) is 0 Å². The Bertz CT molecular complexity index is 464. The van der Waals surface area contributed by atoms with Crippen LogP contribution in [0.4, 0.5) is 0 Å². The molecule has 1 heterocycles. The van der Waals surface area contributed by atoms with Crippen LogP contribution in [0.25, 0.3) is 0 Å². The van der Waals surface area contributed by atoms with Crippen molar-refractivity contribution in [3.05, 3.63) is 22.4 Å². The number of halogens is 1. The van der Waals surface area contributed by atoms with E-state index in [0.29, 0.717) is 18.2 Å². The number of carbonyl (C=O) groups excluding carboxylic acids is 1. The van der Waals surface area contributed by atoms with Crippen molar-refractivity contribution in [2.75, 3.05) is 6.54 Å². The average Bonchev–Trinajstić information content (AvgIpc) is 3.04. The molecule has 0 saturated heterocycles. The number of nitrogens with zero attached hydrogens (tertiary/aromatic N) is 1. The van der Waals surface area contributed by atoms with Gasteiger partial charge in [-0.3, -0.25) is 4.79 Å². The predicted molar refractivity (Wildman–Crippen MR) is 84.8 cm³/mol. The van der Waals surface area contributed by atoms with E-state index in [1.807, 2.05) is 16.8 Å². The van der Waals surface area contributed by atoms with Crippen molar-refractivity contribution in [3.8, 4) is 0 Å². The highest BCUT2D eigenvalue weighted by Gasteiger charge is 2.26. The number of amides is 1. The number of rotatable bonds is 5. The zero-order valence-electron chi connectivity index (χ0n) is 12.2. The lowest BCUT2D eigenvalue weighted by molar-refractivity contribution is 0.0913. The quantitative estimate of drug-likeness (QED) is 0.864. The summed E-state index contributed by atoms with van der Waals surface area (Å²) in [6.07, 6.45) is 6.82. The van der Waals surface area contributed by atoms with Crippen LogP contribution in [0.1, 0.15) is 56.1 Å². The normalized spacial score (nSPS) is 17.6. The van der Waals surface area contributed by atoms with Crippen molar-refractivity contribution in [2.24, 2.45) is 11.7 Å². The van der Waals surface area contributed by atoms with Crippen molar-refractivity contribution in [2.45, 2.75) is 51.6 Å². The molecule has 4 nitrogen and oxygen atoms in total. The second-order valence-corrected chi connectivity index (χ2v) is 6.82. The van der Waals surface area contributed by atoms with E-state index in [1.165, 1.54) is 25.7 Å². The van der Waals surface area contributed by atoms with E-state index >= 15 is 0 Å². The third-order valence-electron chi connectivity index (χ3n) is 4.14. The molecule has 0 radical (unpaired) electrons. The van der Waals surface area contributed by atoms with E-state index in [-0.39, 0.29) is 18.0 Å². The summed E-state index contributed by atoms with van der Waals surface area (Å²) in [5, 5.41) is 3.13. The Morgan fingerprint density at radius 3 is 2.70 bits per heavy atom. The Morgan fingerprint density at radius 1 is 1.50 bits per heavy atom. The monoisotopic (exact) mass is 341 g/mol. The third-order valence-corrected chi connectivity index (χ3v) is 4.58. The minimum atomic E-state index is -0.0215. The molecule has 3 N–H and O–H groups in total. The third kappa shape index (κ3) is 3.44. The van der Waals surface area contributed by atoms with Crippen molar-refractivity contribution in [1.29, 1.82) is 0 Å². The van der Waals surface area contributed by atoms with E-state index in [9.17, 15) is 4.79 Å². The topological polar surface area (TPSA) is 60.0 Å². The molecular formula is C15H24BrN3O. The molecule has 1 amide bonds. The molecule has 5 heteroatoms. The summed E-state index contributed by atoms with van der Waals surface area (Å²) in [5.41, 5.74) is 6.55. The zero-order chi connectivity index (χ0) is 14.7. The van der Waals surface area contributed by atoms with Crippen LogP contribution in [0.15, 0.2) is 16.7 Å². The molecular weight excluding hydrogens is 318 g/mol. The fourth-order valence-corrected chi connectivity index (χ4v) is 3.46. The molecule has 1 aliphatic rings. The van der Waals surface area contributed by atoms with Crippen molar-refractivity contribution in [3.63, 3.8) is 0 Å². The van der Waals surface area contributed by atoms with Crippen LogP contribution in [0.3, 0.4) is 0 Å². The van der Waals surface area contributed by atoms with E-state index in [2.05, 4.69) is 35.1 Å². The SMILES string of the molecule is CC(C)n1cc(Br)cc1C(=O)NC(CN)C1CCCC1. The van der Waals surface area contributed by atoms with Crippen LogP contribution < -0.4 is 11.1 Å². The largest absolute Gasteiger partial charge is 0.346 e. The van der Waals surface area contributed by atoms with Gasteiger partial charge in [0.25, 0.3) is 5.91 Å². The second-order valence-electron chi connectivity index (χ2n) is 5.90. The van der Waals surface area contributed by atoms with Gasteiger partial charge < -0.3 is 15.6 Å². The first-order valence-electron chi connectivity index (χ1n) is 7.41. The first kappa shape index (κ1) is 15.6. The summed E-state index contributed by atoms with van der Waals surface area (Å²) < 4.78 is 2.92. The number of nitrogens with one attached hydrogen (secondary N) is 1. The molecule has 1 atom stereocenters. The smallest absolute Gasteiger partial charge is 0.268 e. The minimum Gasteiger partial charge on any atom is -0.346 e. The predicted octanol–water partition coefficient (Wildman–Crippen LogP) is 3.08. The van der Waals surface area contributed by atoms with Gasteiger partial charge in [-0.15, -0.1) is 0 Å². The highest BCUT2D eigenvalue weighted by atomic mass is 79.9. The Balaban J connectivity index is 2.10. The molecule has 0 aliphatic heterocycles. The van der Waals surface area contributed by atoms with E-state index < -0.39 is 0 Å². The first-order chi connectivity index (χ1) is 9.52. The van der Waals surface area contributed by atoms with Gasteiger partial charge in [-0.05, 0) is 54.6 Å². The van der Waals surface area contributed by atoms with Crippen molar-refractivity contribution < 1.29 is 4.79 Å². The van der Waals surface area contributed by atoms with Gasteiger partial charge in [0.2, 0.25) is 0 Å². The zero-order valence-corrected chi connectivity index (χ0v) is 13.8. The summed E-state index contributed by atoms with van der Waals surface area (Å²) in [6, 6.07) is 2.22. The van der Waals surface area contributed by atoms with Crippen LogP contribution in [0, 0.1) is 5.92 Å². The molecule has 1 fully saturated rings. The second kappa shape index (κ2) is 6.76. The van der Waals surface area contributed by atoms with Crippen molar-refractivity contribution in [1.82, 2.24) is 9.88 Å². The van der Waals surface area contributed by atoms with E-state index in [0.717, 1.165) is 4.47 Å². The molecule has 1 aromatic heterocycles. The number of aromatic nitrogens is 1. The van der Waals surface area contributed by atoms with E-state index in [4.69, 9.17) is 5.73 Å². The van der Waals surface area contributed by atoms with Crippen LogP contribution in [0.2, 0.25) is 0 Å². The Hall–Kier alpha value is -0.810. The van der Waals surface area contributed by atoms with Gasteiger partial charge in [-0.1, -0.05) is 12.8 Å². The Labute approximate surface area is 129 Å². The lowest BCUT2D eigenvalue weighted by Crippen LogP contribution is -2.45. The molecule has 0 bridgehead atoms. The van der Waals surface area contributed by atoms with Crippen molar-refractivity contribution >= 4 is 21.8 Å². The molecule has 1 saturated carbocycles. The fourth-order valence-electron chi connectivity index (χ4n) is 3.03. The lowest BCUT2D eigenvalue weighted by Gasteiger charge is -2.23. The summed E-state index contributed by atoms with van der Waals surface area (Å²) in [4.78, 5) is 12.5. The maximum atomic E-state index is 12.5. The molecule has 112 valence electrons. The number of hydrogen-bond donors (Lipinski definition) is 2. The lowest BCUT2D eigenvalue weighted by atomic mass is 9.98. The van der Waals surface area contributed by atoms with E-state index in [1.54, 1.807) is 0 Å². The van der Waals surface area contributed by atoms with Gasteiger partial charge in [-0.25, -0.2) is 0 Å². The summed E-state index contributed by atoms with van der Waals surface area (Å²) >= 11 is 3.44. The average molecular weight is 342 g/mol. The minimum absolute atomic E-state index is 0.0215. The molecule has 0 aromatic carbocycles. The molecule has 2 rings (SSSR count). The number of carbonyl (C=O) groups is 1. The Morgan fingerprint density at radius 2 is 2.15 bits per heavy atom. The van der Waals surface area contributed by atoms with Crippen LogP contribution >= 0.6 is 15.9 Å². The van der Waals surface area contributed by atoms with Crippen LogP contribution in [-0.4, -0.2) is 23.1 Å². The summed E-state index contributed by atoms with van der Waals surface area (Å²) in [6.45, 7) is 4.65. The molecule has 0 spiro atoms. The van der Waals surface area contributed by atoms with Gasteiger partial charge in [0.1, 0.15) is 5.69 Å². The first-order valence-corrected chi connectivity index (χ1v) is 8.20. The summed E-state index contributed by atoms with van der Waals surface area (Å²) in [5.74, 6) is 0.515. The molecule has 1 aromatic rings. The standard InChI is InChI=1S/C15H24BrN3O/c1-10(2)19-9-12(16)7-14(19)15(20)18-13(8-17)11-5-3-4-6-11/h7,9-11,13H,3-6,8,17H2,1-2H3,(H,18,20). The maximum Gasteiger partial charge on any atom is 0.268 e. The molecule has 1 aliphatic carbocycles. The highest BCUT2D eigenvalue weighted by molar-refractivity contribution is 9.10. The van der Waals surface area contributed by atoms with Gasteiger partial charge in [-0.2, -0.15) is 0 Å². The summed E-state index contributed by atoms with van der Waals surface area (Å²) in [7, 11) is 0. The van der Waals surface area contributed by atoms with Gasteiger partial charge in [0.05, 0.1) is 0 Å². The maximum absolute atomic E-state index is 12.5. The van der Waals surface area contributed by atoms with Crippen LogP contribution in [0.5, 0.6) is 0 Å². The molecule has 20 heavy (non-hydrogen) atoms. The van der Waals surface area contributed by atoms with Gasteiger partial charge >= 0.3 is 0 Å².